The number of carbonyl (C=O) groups is 3. The van der Waals surface area contributed by atoms with Gasteiger partial charge in [0.25, 0.3) is 5.91 Å². The molecule has 1 heterocycles. The van der Waals surface area contributed by atoms with Crippen LogP contribution in [-0.4, -0.2) is 110 Å². The van der Waals surface area contributed by atoms with Gasteiger partial charge in [-0.1, -0.05) is 26.0 Å². The van der Waals surface area contributed by atoms with Crippen molar-refractivity contribution in [3.63, 3.8) is 0 Å². The van der Waals surface area contributed by atoms with Crippen LogP contribution in [0, 0.1) is 5.92 Å². The molecule has 1 aliphatic heterocycles. The maximum Gasteiger partial charge on any atom is 0.405 e. The van der Waals surface area contributed by atoms with E-state index in [-0.39, 0.29) is 6.61 Å². The number of carbonyl (C=O) groups excluding carboxylic acids is 3. The zero-order valence-electron chi connectivity index (χ0n) is 26.9. The van der Waals surface area contributed by atoms with Crippen LogP contribution < -0.4 is 21.1 Å². The summed E-state index contributed by atoms with van der Waals surface area (Å²) in [5.41, 5.74) is 5.73. The lowest BCUT2D eigenvalue weighted by molar-refractivity contribution is -0.175. The third-order valence-corrected chi connectivity index (χ3v) is 9.48. The molecule has 18 heteroatoms. The molecule has 1 saturated heterocycles. The Morgan fingerprint density at radius 1 is 1.09 bits per heavy atom. The molecule has 268 valence electrons. The van der Waals surface area contributed by atoms with Gasteiger partial charge in [0.05, 0.1) is 36.4 Å². The Morgan fingerprint density at radius 3 is 2.15 bits per heavy atom. The zero-order chi connectivity index (χ0) is 36.1. The molecule has 0 saturated carbocycles. The summed E-state index contributed by atoms with van der Waals surface area (Å²) in [6.45, 7) is 4.82. The molecule has 47 heavy (non-hydrogen) atoms. The molecule has 1 fully saturated rings. The molecule has 0 bridgehead atoms. The van der Waals surface area contributed by atoms with Gasteiger partial charge in [0.2, 0.25) is 11.8 Å². The van der Waals surface area contributed by atoms with Crippen LogP contribution >= 0.6 is 0 Å². The average Bonchev–Trinajstić information content (AvgIpc) is 3.42. The molecule has 5 atom stereocenters. The second-order valence-electron chi connectivity index (χ2n) is 12.7. The Hall–Kier alpha value is -3.09. The Morgan fingerprint density at radius 2 is 1.66 bits per heavy atom. The number of rotatable bonds is 14. The first-order valence-corrected chi connectivity index (χ1v) is 16.4. The van der Waals surface area contributed by atoms with Crippen molar-refractivity contribution >= 4 is 27.6 Å². The van der Waals surface area contributed by atoms with Crippen LogP contribution in [0.3, 0.4) is 0 Å². The molecule has 1 aromatic rings. The third-order valence-electron chi connectivity index (χ3n) is 7.39. The second-order valence-corrected chi connectivity index (χ2v) is 15.0. The summed E-state index contributed by atoms with van der Waals surface area (Å²) in [5, 5.41) is 12.3. The lowest BCUT2D eigenvalue weighted by atomic mass is 9.93. The molecule has 0 aliphatic carbocycles. The number of hydrogen-bond donors (Lipinski definition) is 4. The van der Waals surface area contributed by atoms with Crippen molar-refractivity contribution in [3.05, 3.63) is 29.8 Å². The fraction of sp³-hybridized carbons (Fsp3) is 0.690. The van der Waals surface area contributed by atoms with Crippen LogP contribution in [0.15, 0.2) is 24.3 Å². The van der Waals surface area contributed by atoms with Gasteiger partial charge in [-0.05, 0) is 50.8 Å². The first-order chi connectivity index (χ1) is 21.4. The normalized spacial score (nSPS) is 19.7. The fourth-order valence-electron chi connectivity index (χ4n) is 4.77. The van der Waals surface area contributed by atoms with E-state index in [1.165, 1.54) is 33.1 Å². The number of hydrogen-bond acceptors (Lipinski definition) is 9. The number of sulfone groups is 1. The van der Waals surface area contributed by atoms with Gasteiger partial charge in [-0.2, -0.15) is 22.0 Å². The maximum atomic E-state index is 14.8. The van der Waals surface area contributed by atoms with E-state index in [0.717, 1.165) is 10.2 Å². The predicted molar refractivity (Wildman–Crippen MR) is 160 cm³/mol. The van der Waals surface area contributed by atoms with Gasteiger partial charge >= 0.3 is 12.1 Å². The van der Waals surface area contributed by atoms with E-state index in [0.29, 0.717) is 11.3 Å². The number of halogens is 5. The minimum absolute atomic E-state index is 0.303. The number of aliphatic hydroxyl groups is 1. The Balaban J connectivity index is 2.37. The number of amides is 3. The smallest absolute Gasteiger partial charge is 0.405 e. The largest absolute Gasteiger partial charge is 0.497 e. The topological polar surface area (TPSA) is 177 Å². The number of benzene rings is 1. The third kappa shape index (κ3) is 11.2. The van der Waals surface area contributed by atoms with E-state index < -0.39 is 106 Å². The summed E-state index contributed by atoms with van der Waals surface area (Å²) in [4.78, 5) is 39.9. The SMILES string of the molecule is COc1ccc(CS(=O)(=O)[C@@H]2C[C@@H](C(=O)NC(C(C)C)C(O)C(F)(F)C(=O)NCC(F)(F)F)N(C(=O)C(N)COC(C)(C)C)C2)cc1. The molecular weight excluding hydrogens is 659 g/mol. The minimum Gasteiger partial charge on any atom is -0.497 e. The second kappa shape index (κ2) is 15.4. The number of methoxy groups -OCH3 is 1. The number of ether oxygens (including phenoxy) is 2. The predicted octanol–water partition coefficient (Wildman–Crippen LogP) is 1.54. The van der Waals surface area contributed by atoms with E-state index in [4.69, 9.17) is 15.2 Å². The number of nitrogens with two attached hydrogens (primary N) is 1. The van der Waals surface area contributed by atoms with Gasteiger partial charge in [-0.15, -0.1) is 0 Å². The summed E-state index contributed by atoms with van der Waals surface area (Å²) in [7, 11) is -2.61. The number of aliphatic hydroxyl groups excluding tert-OH is 1. The number of likely N-dealkylation sites (tertiary alicyclic amines) is 1. The molecule has 0 aromatic heterocycles. The monoisotopic (exact) mass is 702 g/mol. The highest BCUT2D eigenvalue weighted by molar-refractivity contribution is 7.91. The van der Waals surface area contributed by atoms with Gasteiger partial charge in [0.1, 0.15) is 30.5 Å². The van der Waals surface area contributed by atoms with Crippen LogP contribution in [0.1, 0.15) is 46.6 Å². The zero-order valence-corrected chi connectivity index (χ0v) is 27.8. The summed E-state index contributed by atoms with van der Waals surface area (Å²) in [6.07, 6.45) is -8.47. The van der Waals surface area contributed by atoms with E-state index >= 15 is 0 Å². The van der Waals surface area contributed by atoms with Gasteiger partial charge < -0.3 is 35.8 Å². The quantitative estimate of drug-likeness (QED) is 0.210. The Bertz CT molecular complexity index is 1350. The van der Waals surface area contributed by atoms with E-state index in [1.807, 2.05) is 0 Å². The number of nitrogens with one attached hydrogen (secondary N) is 2. The summed E-state index contributed by atoms with van der Waals surface area (Å²) < 4.78 is 105. The minimum atomic E-state index is -5.01. The van der Waals surface area contributed by atoms with Gasteiger partial charge in [0, 0.05) is 6.54 Å². The maximum absolute atomic E-state index is 14.8. The van der Waals surface area contributed by atoms with Gasteiger partial charge in [0.15, 0.2) is 9.84 Å². The Labute approximate surface area is 270 Å². The Kier molecular flexibility index (Phi) is 13.2. The summed E-state index contributed by atoms with van der Waals surface area (Å²) in [5.74, 6) is -10.2. The molecule has 5 N–H and O–H groups in total. The van der Waals surface area contributed by atoms with Crippen molar-refractivity contribution in [2.24, 2.45) is 11.7 Å². The molecule has 1 aromatic carbocycles. The molecule has 1 aliphatic rings. The standard InChI is InChI=1S/C29H43F5N4O8S/c1-16(2)22(23(39)29(33,34)26(42)36-15-28(30,31)32)37-24(40)21-11-19(12-38(21)25(41)20(35)13-46-27(3,4)5)47(43,44)14-17-7-9-18(45-6)10-8-17/h7-10,16,19-23,39H,11-15,35H2,1-6H3,(H,36,42)(H,37,40)/t19-,20?,21+,22?,23?/m1/s1. The van der Waals surface area contributed by atoms with Crippen LogP contribution in [0.25, 0.3) is 0 Å². The number of alkyl halides is 5. The van der Waals surface area contributed by atoms with Gasteiger partial charge in [-0.25, -0.2) is 8.42 Å². The van der Waals surface area contributed by atoms with Crippen molar-refractivity contribution in [1.82, 2.24) is 15.5 Å². The van der Waals surface area contributed by atoms with Crippen LogP contribution in [-0.2, 0) is 34.7 Å². The van der Waals surface area contributed by atoms with Crippen LogP contribution in [0.2, 0.25) is 0 Å². The molecule has 0 radical (unpaired) electrons. The summed E-state index contributed by atoms with van der Waals surface area (Å²) >= 11 is 0. The number of nitrogens with zero attached hydrogens (tertiary/aromatic N) is 1. The van der Waals surface area contributed by atoms with Crippen molar-refractivity contribution < 1.29 is 59.3 Å². The first-order valence-electron chi connectivity index (χ1n) is 14.7. The van der Waals surface area contributed by atoms with Crippen molar-refractivity contribution in [1.29, 1.82) is 0 Å². The molecule has 12 nitrogen and oxygen atoms in total. The van der Waals surface area contributed by atoms with Gasteiger partial charge in [-0.3, -0.25) is 14.4 Å². The average molecular weight is 703 g/mol. The van der Waals surface area contributed by atoms with E-state index in [2.05, 4.69) is 5.32 Å². The highest BCUT2D eigenvalue weighted by Crippen LogP contribution is 2.30. The van der Waals surface area contributed by atoms with Crippen molar-refractivity contribution in [3.8, 4) is 5.75 Å². The van der Waals surface area contributed by atoms with E-state index in [1.54, 1.807) is 32.9 Å². The molecular formula is C29H43F5N4O8S. The molecule has 0 spiro atoms. The first kappa shape index (κ1) is 40.1. The van der Waals surface area contributed by atoms with E-state index in [9.17, 15) is 49.9 Å². The fourth-order valence-corrected chi connectivity index (χ4v) is 6.53. The van der Waals surface area contributed by atoms with Crippen LogP contribution in [0.5, 0.6) is 5.75 Å². The summed E-state index contributed by atoms with van der Waals surface area (Å²) in [6, 6.07) is 1.32. The van der Waals surface area contributed by atoms with Crippen molar-refractivity contribution in [2.45, 2.75) is 94.0 Å². The molecule has 2 rings (SSSR count). The lowest BCUT2D eigenvalue weighted by Crippen LogP contribution is -2.61. The highest BCUT2D eigenvalue weighted by Gasteiger charge is 2.53. The van der Waals surface area contributed by atoms with Crippen LogP contribution in [0.4, 0.5) is 22.0 Å². The van der Waals surface area contributed by atoms with Crippen molar-refractivity contribution in [2.75, 3.05) is 26.8 Å². The highest BCUT2D eigenvalue weighted by atomic mass is 32.2. The molecule has 3 amide bonds. The molecule has 3 unspecified atom stereocenters. The lowest BCUT2D eigenvalue weighted by Gasteiger charge is -2.34.